The van der Waals surface area contributed by atoms with E-state index >= 15 is 0 Å². The van der Waals surface area contributed by atoms with Crippen LogP contribution >= 0.6 is 0 Å². The van der Waals surface area contributed by atoms with Crippen LogP contribution in [0.25, 0.3) is 0 Å². The van der Waals surface area contributed by atoms with Gasteiger partial charge in [-0.3, -0.25) is 14.6 Å². The van der Waals surface area contributed by atoms with E-state index in [2.05, 4.69) is 15.6 Å². The minimum Gasteiger partial charge on any atom is -0.481 e. The van der Waals surface area contributed by atoms with Crippen molar-refractivity contribution in [3.05, 3.63) is 89.5 Å². The van der Waals surface area contributed by atoms with Crippen LogP contribution in [-0.4, -0.2) is 39.4 Å². The lowest BCUT2D eigenvalue weighted by molar-refractivity contribution is -0.137. The number of hydrogen-bond donors (Lipinski definition) is 3. The van der Waals surface area contributed by atoms with Crippen molar-refractivity contribution in [2.45, 2.75) is 44.6 Å². The van der Waals surface area contributed by atoms with Crippen molar-refractivity contribution < 1.29 is 23.9 Å². The topological polar surface area (TPSA) is 112 Å². The van der Waals surface area contributed by atoms with Crippen molar-refractivity contribution in [2.75, 3.05) is 17.2 Å². The molecule has 3 amide bonds. The van der Waals surface area contributed by atoms with Gasteiger partial charge in [-0.05, 0) is 54.2 Å². The highest BCUT2D eigenvalue weighted by atomic mass is 19.1. The fourth-order valence-corrected chi connectivity index (χ4v) is 4.46. The van der Waals surface area contributed by atoms with Crippen molar-refractivity contribution in [2.24, 2.45) is 0 Å². The van der Waals surface area contributed by atoms with Crippen LogP contribution in [0.2, 0.25) is 0 Å². The van der Waals surface area contributed by atoms with Gasteiger partial charge in [0.1, 0.15) is 5.82 Å². The maximum absolute atomic E-state index is 13.7. The number of carboxylic acid groups (broad SMARTS) is 1. The number of carbonyl (C=O) groups excluding carboxylic acids is 2. The third-order valence-electron chi connectivity index (χ3n) is 6.46. The minimum absolute atomic E-state index is 0.0000711. The fourth-order valence-electron chi connectivity index (χ4n) is 4.46. The summed E-state index contributed by atoms with van der Waals surface area (Å²) in [5, 5.41) is 14.1. The molecule has 0 aliphatic carbocycles. The second-order valence-corrected chi connectivity index (χ2v) is 9.23. The number of aliphatic carboxylic acids is 1. The van der Waals surface area contributed by atoms with Gasteiger partial charge >= 0.3 is 12.0 Å². The zero-order chi connectivity index (χ0) is 26.4. The number of benzene rings is 2. The number of nitrogens with zero attached hydrogens (tertiary/aromatic N) is 2. The molecule has 0 spiro atoms. The molecule has 37 heavy (non-hydrogen) atoms. The Balaban J connectivity index is 1.35. The molecule has 1 saturated heterocycles. The van der Waals surface area contributed by atoms with Crippen molar-refractivity contribution in [3.8, 4) is 0 Å². The van der Waals surface area contributed by atoms with Gasteiger partial charge in [-0.15, -0.1) is 0 Å². The van der Waals surface area contributed by atoms with Gasteiger partial charge in [0, 0.05) is 13.1 Å². The lowest BCUT2D eigenvalue weighted by Gasteiger charge is -2.32. The minimum atomic E-state index is -0.829. The van der Waals surface area contributed by atoms with E-state index in [0.717, 1.165) is 17.5 Å². The monoisotopic (exact) mass is 504 g/mol. The molecule has 1 aliphatic heterocycles. The summed E-state index contributed by atoms with van der Waals surface area (Å²) in [5.41, 5.74) is 3.06. The van der Waals surface area contributed by atoms with Gasteiger partial charge in [0.2, 0.25) is 5.91 Å². The fraction of sp³-hybridized carbons (Fsp3) is 0.286. The summed E-state index contributed by atoms with van der Waals surface area (Å²) in [7, 11) is 0. The summed E-state index contributed by atoms with van der Waals surface area (Å²) in [4.78, 5) is 42.6. The lowest BCUT2D eigenvalue weighted by atomic mass is 9.92. The maximum Gasteiger partial charge on any atom is 0.323 e. The summed E-state index contributed by atoms with van der Waals surface area (Å²) >= 11 is 0. The number of nitrogens with one attached hydrogen (secondary N) is 2. The van der Waals surface area contributed by atoms with Gasteiger partial charge < -0.3 is 20.6 Å². The van der Waals surface area contributed by atoms with Crippen molar-refractivity contribution in [3.63, 3.8) is 0 Å². The number of amides is 3. The van der Waals surface area contributed by atoms with Crippen LogP contribution in [0, 0.1) is 5.82 Å². The number of aromatic nitrogens is 1. The number of para-hydroxylation sites is 1. The molecule has 4 rings (SSSR count). The Labute approximate surface area is 214 Å². The first-order chi connectivity index (χ1) is 17.8. The number of halogens is 1. The van der Waals surface area contributed by atoms with Crippen LogP contribution in [-0.2, 0) is 16.1 Å². The van der Waals surface area contributed by atoms with Gasteiger partial charge in [-0.25, -0.2) is 9.18 Å². The average Bonchev–Trinajstić information content (AvgIpc) is 2.87. The van der Waals surface area contributed by atoms with E-state index in [4.69, 9.17) is 5.11 Å². The summed E-state index contributed by atoms with van der Waals surface area (Å²) < 4.78 is 13.7. The second-order valence-electron chi connectivity index (χ2n) is 9.23. The number of likely N-dealkylation sites (tertiary alicyclic amines) is 1. The first-order valence-corrected chi connectivity index (χ1v) is 12.2. The number of piperidine rings is 1. The molecule has 192 valence electrons. The zero-order valence-electron chi connectivity index (χ0n) is 20.5. The molecule has 9 heteroatoms. The molecular weight excluding hydrogens is 475 g/mol. The smallest absolute Gasteiger partial charge is 0.323 e. The van der Waals surface area contributed by atoms with E-state index in [1.54, 1.807) is 18.2 Å². The van der Waals surface area contributed by atoms with Crippen LogP contribution < -0.4 is 10.6 Å². The highest BCUT2D eigenvalue weighted by Gasteiger charge is 2.31. The van der Waals surface area contributed by atoms with Crippen LogP contribution in [0.4, 0.5) is 20.6 Å². The third kappa shape index (κ3) is 6.69. The Kier molecular flexibility index (Phi) is 8.12. The Morgan fingerprint density at radius 1 is 1.11 bits per heavy atom. The summed E-state index contributed by atoms with van der Waals surface area (Å²) in [6, 6.07) is 16.4. The first kappa shape index (κ1) is 25.8. The third-order valence-corrected chi connectivity index (χ3v) is 6.46. The molecule has 0 bridgehead atoms. The largest absolute Gasteiger partial charge is 0.481 e. The van der Waals surface area contributed by atoms with E-state index < -0.39 is 17.8 Å². The lowest BCUT2D eigenvalue weighted by Crippen LogP contribution is -2.39. The highest BCUT2D eigenvalue weighted by Crippen LogP contribution is 2.29. The van der Waals surface area contributed by atoms with Crippen LogP contribution in [0.5, 0.6) is 0 Å². The molecule has 2 aromatic carbocycles. The number of carboxylic acids is 1. The van der Waals surface area contributed by atoms with E-state index in [9.17, 15) is 18.8 Å². The molecule has 3 N–H and O–H groups in total. The number of carbonyl (C=O) groups is 3. The number of anilines is 2. The van der Waals surface area contributed by atoms with Gasteiger partial charge in [0.05, 0.1) is 35.6 Å². The average molecular weight is 505 g/mol. The Hall–Kier alpha value is -4.27. The first-order valence-electron chi connectivity index (χ1n) is 12.2. The van der Waals surface area contributed by atoms with Gasteiger partial charge in [-0.1, -0.05) is 43.3 Å². The second kappa shape index (κ2) is 11.6. The quantitative estimate of drug-likeness (QED) is 0.383. The molecule has 1 unspecified atom stereocenters. The van der Waals surface area contributed by atoms with E-state index in [-0.39, 0.29) is 29.9 Å². The van der Waals surface area contributed by atoms with Crippen LogP contribution in [0.15, 0.2) is 66.9 Å². The molecule has 1 fully saturated rings. The molecule has 1 aliphatic rings. The van der Waals surface area contributed by atoms with Gasteiger partial charge in [0.25, 0.3) is 0 Å². The van der Waals surface area contributed by atoms with Crippen LogP contribution in [0.3, 0.4) is 0 Å². The number of hydrogen-bond acceptors (Lipinski definition) is 4. The van der Waals surface area contributed by atoms with Gasteiger partial charge in [0.15, 0.2) is 0 Å². The predicted molar refractivity (Wildman–Crippen MR) is 138 cm³/mol. The van der Waals surface area contributed by atoms with E-state index in [1.807, 2.05) is 36.1 Å². The van der Waals surface area contributed by atoms with Crippen molar-refractivity contribution in [1.29, 1.82) is 0 Å². The predicted octanol–water partition coefficient (Wildman–Crippen LogP) is 5.35. The maximum atomic E-state index is 13.7. The Morgan fingerprint density at radius 2 is 1.86 bits per heavy atom. The Bertz CT molecular complexity index is 1260. The molecule has 2 atom stereocenters. The molecule has 0 radical (unpaired) electrons. The summed E-state index contributed by atoms with van der Waals surface area (Å²) in [5.74, 6) is -1.81. The molecule has 0 saturated carbocycles. The highest BCUT2D eigenvalue weighted by molar-refractivity contribution is 5.99. The number of rotatable bonds is 8. The van der Waals surface area contributed by atoms with Crippen molar-refractivity contribution in [1.82, 2.24) is 9.88 Å². The van der Waals surface area contributed by atoms with E-state index in [1.165, 1.54) is 24.4 Å². The standard InChI is InChI=1S/C28H29FN4O4/c1-18(15-26(34)35)20-10-8-19(9-11-20)17-33-14-4-5-22(27(33)36)24-13-12-21(16-30-24)31-28(37)32-25-7-3-2-6-23(25)29/h2-3,6-13,16,18,22H,4-5,14-15,17H2,1H3,(H,34,35)(H2,31,32,37)/t18-,22?/m1/s1. The van der Waals surface area contributed by atoms with E-state index in [0.29, 0.717) is 30.9 Å². The zero-order valence-corrected chi connectivity index (χ0v) is 20.5. The van der Waals surface area contributed by atoms with Gasteiger partial charge in [-0.2, -0.15) is 0 Å². The molecular formula is C28H29FN4O4. The normalized spacial score (nSPS) is 16.2. The summed E-state index contributed by atoms with van der Waals surface area (Å²) in [6.07, 6.45) is 3.09. The summed E-state index contributed by atoms with van der Waals surface area (Å²) in [6.45, 7) is 3.01. The molecule has 3 aromatic rings. The molecule has 8 nitrogen and oxygen atoms in total. The van der Waals surface area contributed by atoms with Crippen LogP contribution in [0.1, 0.15) is 54.8 Å². The Morgan fingerprint density at radius 3 is 2.54 bits per heavy atom. The number of urea groups is 1. The number of pyridine rings is 1. The molecule has 2 heterocycles. The molecule has 1 aromatic heterocycles. The van der Waals surface area contributed by atoms with Crippen molar-refractivity contribution >= 4 is 29.3 Å². The SMILES string of the molecule is C[C@H](CC(=O)O)c1ccc(CN2CCCC(c3ccc(NC(=O)Nc4ccccc4F)cn3)C2=O)cc1.